The van der Waals surface area contributed by atoms with Gasteiger partial charge < -0.3 is 5.32 Å². The van der Waals surface area contributed by atoms with Gasteiger partial charge in [-0.05, 0) is 44.1 Å². The molecule has 72 valence electrons. The van der Waals surface area contributed by atoms with E-state index < -0.39 is 0 Å². The molecule has 0 amide bonds. The summed E-state index contributed by atoms with van der Waals surface area (Å²) in [5.41, 5.74) is 0. The maximum absolute atomic E-state index is 3.64. The largest absolute Gasteiger partial charge is 0.314 e. The SMILES string of the molecule is CC(C)CN[C@H]1CC[C@H](C)CC1. The molecule has 1 rings (SSSR count). The summed E-state index contributed by atoms with van der Waals surface area (Å²) in [6.45, 7) is 8.12. The van der Waals surface area contributed by atoms with E-state index in [0.717, 1.165) is 17.9 Å². The van der Waals surface area contributed by atoms with Crippen molar-refractivity contribution in [1.82, 2.24) is 5.32 Å². The second kappa shape index (κ2) is 4.86. The normalized spacial score (nSPS) is 31.0. The summed E-state index contributed by atoms with van der Waals surface area (Å²) in [6.07, 6.45) is 5.65. The predicted octanol–water partition coefficient (Wildman–Crippen LogP) is 2.81. The zero-order valence-corrected chi connectivity index (χ0v) is 8.77. The van der Waals surface area contributed by atoms with Gasteiger partial charge in [0.15, 0.2) is 0 Å². The van der Waals surface area contributed by atoms with E-state index in [1.165, 1.54) is 32.2 Å². The standard InChI is InChI=1S/C11H23N/c1-9(2)8-12-11-6-4-10(3)5-7-11/h9-12H,4-8H2,1-3H3/t10-,11-. The molecule has 0 aliphatic heterocycles. The Labute approximate surface area is 76.9 Å². The molecule has 0 bridgehead atoms. The first kappa shape index (κ1) is 10.0. The Morgan fingerprint density at radius 1 is 1.17 bits per heavy atom. The lowest BCUT2D eigenvalue weighted by atomic mass is 9.87. The zero-order chi connectivity index (χ0) is 8.97. The molecule has 1 aliphatic carbocycles. The second-order valence-corrected chi connectivity index (χ2v) is 4.76. The second-order valence-electron chi connectivity index (χ2n) is 4.76. The molecule has 0 radical (unpaired) electrons. The molecular weight excluding hydrogens is 146 g/mol. The Kier molecular flexibility index (Phi) is 4.07. The minimum Gasteiger partial charge on any atom is -0.314 e. The fraction of sp³-hybridized carbons (Fsp3) is 1.00. The van der Waals surface area contributed by atoms with E-state index in [0.29, 0.717) is 0 Å². The monoisotopic (exact) mass is 169 g/mol. The molecule has 1 N–H and O–H groups in total. The topological polar surface area (TPSA) is 12.0 Å². The van der Waals surface area contributed by atoms with Crippen LogP contribution in [0.5, 0.6) is 0 Å². The van der Waals surface area contributed by atoms with Gasteiger partial charge in [0.05, 0.1) is 0 Å². The lowest BCUT2D eigenvalue weighted by molar-refractivity contribution is 0.300. The minimum absolute atomic E-state index is 0.796. The maximum Gasteiger partial charge on any atom is 0.00673 e. The van der Waals surface area contributed by atoms with Gasteiger partial charge in [0.1, 0.15) is 0 Å². The van der Waals surface area contributed by atoms with Crippen LogP contribution in [0.1, 0.15) is 46.5 Å². The molecule has 0 heterocycles. The summed E-state index contributed by atoms with van der Waals surface area (Å²) in [6, 6.07) is 0.823. The third-order valence-electron chi connectivity index (χ3n) is 2.83. The molecule has 0 saturated heterocycles. The number of hydrogen-bond acceptors (Lipinski definition) is 1. The summed E-state index contributed by atoms with van der Waals surface area (Å²) >= 11 is 0. The zero-order valence-electron chi connectivity index (χ0n) is 8.77. The van der Waals surface area contributed by atoms with Gasteiger partial charge in [0, 0.05) is 6.04 Å². The summed E-state index contributed by atoms with van der Waals surface area (Å²) in [5.74, 6) is 1.77. The van der Waals surface area contributed by atoms with Crippen molar-refractivity contribution in [3.63, 3.8) is 0 Å². The molecule has 1 heteroatoms. The highest BCUT2D eigenvalue weighted by molar-refractivity contribution is 4.75. The Morgan fingerprint density at radius 3 is 2.25 bits per heavy atom. The summed E-state index contributed by atoms with van der Waals surface area (Å²) < 4.78 is 0. The van der Waals surface area contributed by atoms with Crippen molar-refractivity contribution in [2.75, 3.05) is 6.54 Å². The number of rotatable bonds is 3. The first-order chi connectivity index (χ1) is 5.68. The van der Waals surface area contributed by atoms with Gasteiger partial charge in [-0.25, -0.2) is 0 Å². The van der Waals surface area contributed by atoms with Gasteiger partial charge in [-0.15, -0.1) is 0 Å². The van der Waals surface area contributed by atoms with E-state index in [2.05, 4.69) is 26.1 Å². The van der Waals surface area contributed by atoms with Crippen molar-refractivity contribution >= 4 is 0 Å². The van der Waals surface area contributed by atoms with Crippen LogP contribution in [0, 0.1) is 11.8 Å². The van der Waals surface area contributed by atoms with Gasteiger partial charge in [-0.3, -0.25) is 0 Å². The van der Waals surface area contributed by atoms with Crippen molar-refractivity contribution < 1.29 is 0 Å². The number of hydrogen-bond donors (Lipinski definition) is 1. The molecule has 1 fully saturated rings. The van der Waals surface area contributed by atoms with Crippen LogP contribution in [0.2, 0.25) is 0 Å². The van der Waals surface area contributed by atoms with Crippen molar-refractivity contribution in [3.8, 4) is 0 Å². The molecule has 0 unspecified atom stereocenters. The molecule has 1 saturated carbocycles. The van der Waals surface area contributed by atoms with Crippen LogP contribution in [0.4, 0.5) is 0 Å². The quantitative estimate of drug-likeness (QED) is 0.685. The van der Waals surface area contributed by atoms with Crippen molar-refractivity contribution in [2.24, 2.45) is 11.8 Å². The Hall–Kier alpha value is -0.0400. The third-order valence-corrected chi connectivity index (χ3v) is 2.83. The molecule has 0 atom stereocenters. The summed E-state index contributed by atoms with van der Waals surface area (Å²) in [4.78, 5) is 0. The van der Waals surface area contributed by atoms with Crippen LogP contribution >= 0.6 is 0 Å². The van der Waals surface area contributed by atoms with Crippen LogP contribution in [0.15, 0.2) is 0 Å². The Morgan fingerprint density at radius 2 is 1.75 bits per heavy atom. The van der Waals surface area contributed by atoms with Crippen molar-refractivity contribution in [3.05, 3.63) is 0 Å². The van der Waals surface area contributed by atoms with E-state index in [4.69, 9.17) is 0 Å². The van der Waals surface area contributed by atoms with Crippen LogP contribution in [0.3, 0.4) is 0 Å². The molecule has 12 heavy (non-hydrogen) atoms. The molecule has 1 aliphatic rings. The molecule has 1 nitrogen and oxygen atoms in total. The molecular formula is C11H23N. The summed E-state index contributed by atoms with van der Waals surface area (Å²) in [5, 5.41) is 3.64. The van der Waals surface area contributed by atoms with Gasteiger partial charge in [-0.1, -0.05) is 20.8 Å². The highest BCUT2D eigenvalue weighted by atomic mass is 14.9. The van der Waals surface area contributed by atoms with E-state index in [1.54, 1.807) is 0 Å². The lowest BCUT2D eigenvalue weighted by Gasteiger charge is -2.27. The van der Waals surface area contributed by atoms with Crippen molar-refractivity contribution in [2.45, 2.75) is 52.5 Å². The lowest BCUT2D eigenvalue weighted by Crippen LogP contribution is -2.35. The van der Waals surface area contributed by atoms with Crippen molar-refractivity contribution in [1.29, 1.82) is 0 Å². The Balaban J connectivity index is 2.09. The maximum atomic E-state index is 3.64. The van der Waals surface area contributed by atoms with Gasteiger partial charge in [-0.2, -0.15) is 0 Å². The summed E-state index contributed by atoms with van der Waals surface area (Å²) in [7, 11) is 0. The molecule has 0 aromatic rings. The van der Waals surface area contributed by atoms with Gasteiger partial charge in [0.25, 0.3) is 0 Å². The molecule has 0 aromatic carbocycles. The Bertz CT molecular complexity index is 112. The smallest absolute Gasteiger partial charge is 0.00673 e. The van der Waals surface area contributed by atoms with E-state index in [9.17, 15) is 0 Å². The third kappa shape index (κ3) is 3.57. The number of nitrogens with one attached hydrogen (secondary N) is 1. The van der Waals surface area contributed by atoms with Gasteiger partial charge in [0.2, 0.25) is 0 Å². The fourth-order valence-corrected chi connectivity index (χ4v) is 1.87. The van der Waals surface area contributed by atoms with Crippen LogP contribution < -0.4 is 5.32 Å². The van der Waals surface area contributed by atoms with Crippen LogP contribution in [-0.2, 0) is 0 Å². The highest BCUT2D eigenvalue weighted by Crippen LogP contribution is 2.23. The van der Waals surface area contributed by atoms with Gasteiger partial charge >= 0.3 is 0 Å². The van der Waals surface area contributed by atoms with Crippen LogP contribution in [0.25, 0.3) is 0 Å². The fourth-order valence-electron chi connectivity index (χ4n) is 1.87. The average Bonchev–Trinajstić information content (AvgIpc) is 2.03. The predicted molar refractivity (Wildman–Crippen MR) is 54.3 cm³/mol. The van der Waals surface area contributed by atoms with Crippen LogP contribution in [-0.4, -0.2) is 12.6 Å². The molecule has 0 spiro atoms. The van der Waals surface area contributed by atoms with E-state index in [1.807, 2.05) is 0 Å². The average molecular weight is 169 g/mol. The minimum atomic E-state index is 0.796. The molecule has 0 aromatic heterocycles. The first-order valence-electron chi connectivity index (χ1n) is 5.42. The first-order valence-corrected chi connectivity index (χ1v) is 5.42. The van der Waals surface area contributed by atoms with E-state index >= 15 is 0 Å². The van der Waals surface area contributed by atoms with E-state index in [-0.39, 0.29) is 0 Å². The highest BCUT2D eigenvalue weighted by Gasteiger charge is 2.17.